The van der Waals surface area contributed by atoms with E-state index in [1.807, 2.05) is 7.05 Å². The molecule has 1 N–H and O–H groups in total. The van der Waals surface area contributed by atoms with Crippen LogP contribution in [0.25, 0.3) is 0 Å². The minimum Gasteiger partial charge on any atom is -0.372 e. The number of halogens is 1. The second-order valence-corrected chi connectivity index (χ2v) is 5.15. The summed E-state index contributed by atoms with van der Waals surface area (Å²) >= 11 is 3.57. The van der Waals surface area contributed by atoms with Crippen LogP contribution in [0.3, 0.4) is 0 Å². The van der Waals surface area contributed by atoms with E-state index in [0.717, 1.165) is 24.1 Å². The third kappa shape index (κ3) is 4.32. The van der Waals surface area contributed by atoms with Crippen LogP contribution in [0.5, 0.6) is 0 Å². The third-order valence-corrected chi connectivity index (χ3v) is 3.41. The van der Waals surface area contributed by atoms with E-state index in [1.54, 1.807) is 0 Å². The molecule has 0 aliphatic heterocycles. The summed E-state index contributed by atoms with van der Waals surface area (Å²) in [6.07, 6.45) is 2.49. The average molecular weight is 299 g/mol. The molecular formula is C14H23BrN2. The Bertz CT molecular complexity index is 339. The summed E-state index contributed by atoms with van der Waals surface area (Å²) in [5, 5.41) is 3.24. The molecule has 3 heteroatoms. The van der Waals surface area contributed by atoms with E-state index in [4.69, 9.17) is 0 Å². The molecule has 2 nitrogen and oxygen atoms in total. The van der Waals surface area contributed by atoms with E-state index in [9.17, 15) is 0 Å². The zero-order chi connectivity index (χ0) is 12.7. The van der Waals surface area contributed by atoms with Gasteiger partial charge in [0, 0.05) is 29.8 Å². The summed E-state index contributed by atoms with van der Waals surface area (Å²) in [7, 11) is 1.99. The molecule has 0 fully saturated rings. The molecule has 1 aromatic rings. The van der Waals surface area contributed by atoms with Crippen molar-refractivity contribution in [2.45, 2.75) is 33.2 Å². The van der Waals surface area contributed by atoms with Crippen LogP contribution >= 0.6 is 15.9 Å². The topological polar surface area (TPSA) is 15.3 Å². The van der Waals surface area contributed by atoms with Crippen LogP contribution in [0.4, 0.5) is 5.69 Å². The molecule has 0 amide bonds. The standard InChI is InChI=1S/C14H23BrN2/c1-4-6-9-17(5-2)14-10-13(15)8-7-12(14)11-16-3/h7-8,10,16H,4-6,9,11H2,1-3H3. The predicted molar refractivity (Wildman–Crippen MR) is 79.7 cm³/mol. The lowest BCUT2D eigenvalue weighted by Gasteiger charge is -2.26. The van der Waals surface area contributed by atoms with E-state index in [0.29, 0.717) is 0 Å². The number of nitrogens with zero attached hydrogens (tertiary/aromatic N) is 1. The summed E-state index contributed by atoms with van der Waals surface area (Å²) in [6, 6.07) is 6.54. The summed E-state index contributed by atoms with van der Waals surface area (Å²) in [4.78, 5) is 2.46. The maximum absolute atomic E-state index is 3.57. The van der Waals surface area contributed by atoms with Crippen molar-refractivity contribution >= 4 is 21.6 Å². The van der Waals surface area contributed by atoms with E-state index in [2.05, 4.69) is 58.2 Å². The Morgan fingerprint density at radius 2 is 2.06 bits per heavy atom. The van der Waals surface area contributed by atoms with Crippen molar-refractivity contribution in [3.8, 4) is 0 Å². The van der Waals surface area contributed by atoms with Crippen molar-refractivity contribution in [3.63, 3.8) is 0 Å². The number of hydrogen-bond acceptors (Lipinski definition) is 2. The Hall–Kier alpha value is -0.540. The van der Waals surface area contributed by atoms with Gasteiger partial charge in [-0.05, 0) is 38.1 Å². The van der Waals surface area contributed by atoms with Gasteiger partial charge in [0.05, 0.1) is 0 Å². The van der Waals surface area contributed by atoms with Crippen LogP contribution in [0.15, 0.2) is 22.7 Å². The Morgan fingerprint density at radius 1 is 1.29 bits per heavy atom. The molecule has 0 aliphatic carbocycles. The first-order chi connectivity index (χ1) is 8.22. The van der Waals surface area contributed by atoms with Gasteiger partial charge in [-0.25, -0.2) is 0 Å². The maximum Gasteiger partial charge on any atom is 0.0423 e. The molecule has 1 aromatic carbocycles. The van der Waals surface area contributed by atoms with Gasteiger partial charge in [0.1, 0.15) is 0 Å². The van der Waals surface area contributed by atoms with Crippen LogP contribution in [-0.2, 0) is 6.54 Å². The summed E-state index contributed by atoms with van der Waals surface area (Å²) < 4.78 is 1.15. The molecule has 0 radical (unpaired) electrons. The number of nitrogens with one attached hydrogen (secondary N) is 1. The molecule has 0 aromatic heterocycles. The van der Waals surface area contributed by atoms with E-state index < -0.39 is 0 Å². The fourth-order valence-corrected chi connectivity index (χ4v) is 2.32. The van der Waals surface area contributed by atoms with Crippen molar-refractivity contribution in [1.82, 2.24) is 5.32 Å². The lowest BCUT2D eigenvalue weighted by atomic mass is 10.1. The van der Waals surface area contributed by atoms with Gasteiger partial charge in [-0.3, -0.25) is 0 Å². The number of anilines is 1. The largest absolute Gasteiger partial charge is 0.372 e. The van der Waals surface area contributed by atoms with Crippen molar-refractivity contribution in [2.24, 2.45) is 0 Å². The molecule has 1 rings (SSSR count). The average Bonchev–Trinajstić information content (AvgIpc) is 2.33. The van der Waals surface area contributed by atoms with E-state index in [-0.39, 0.29) is 0 Å². The molecule has 0 atom stereocenters. The molecule has 0 saturated heterocycles. The van der Waals surface area contributed by atoms with Gasteiger partial charge in [-0.2, -0.15) is 0 Å². The second kappa shape index (κ2) is 7.72. The molecule has 0 saturated carbocycles. The monoisotopic (exact) mass is 298 g/mol. The van der Waals surface area contributed by atoms with E-state index >= 15 is 0 Å². The Morgan fingerprint density at radius 3 is 2.65 bits per heavy atom. The van der Waals surface area contributed by atoms with Crippen molar-refractivity contribution in [2.75, 3.05) is 25.0 Å². The summed E-state index contributed by atoms with van der Waals surface area (Å²) in [5.41, 5.74) is 2.72. The molecule has 17 heavy (non-hydrogen) atoms. The first-order valence-corrected chi connectivity index (χ1v) is 7.20. The van der Waals surface area contributed by atoms with Crippen LogP contribution in [0, 0.1) is 0 Å². The SMILES string of the molecule is CCCCN(CC)c1cc(Br)ccc1CNC. The minimum absolute atomic E-state index is 0.922. The molecular weight excluding hydrogens is 276 g/mol. The number of benzene rings is 1. The van der Waals surface area contributed by atoms with Crippen LogP contribution in [-0.4, -0.2) is 20.1 Å². The normalized spacial score (nSPS) is 10.6. The molecule has 96 valence electrons. The third-order valence-electron chi connectivity index (χ3n) is 2.92. The predicted octanol–water partition coefficient (Wildman–Crippen LogP) is 3.79. The van der Waals surface area contributed by atoms with Gasteiger partial charge >= 0.3 is 0 Å². The summed E-state index contributed by atoms with van der Waals surface area (Å²) in [6.45, 7) is 7.58. The van der Waals surface area contributed by atoms with Crippen molar-refractivity contribution < 1.29 is 0 Å². The number of unbranched alkanes of at least 4 members (excludes halogenated alkanes) is 1. The number of hydrogen-bond donors (Lipinski definition) is 1. The second-order valence-electron chi connectivity index (χ2n) is 4.24. The van der Waals surface area contributed by atoms with Gasteiger partial charge < -0.3 is 10.2 Å². The van der Waals surface area contributed by atoms with Gasteiger partial charge in [-0.15, -0.1) is 0 Å². The van der Waals surface area contributed by atoms with Gasteiger partial charge in [0.25, 0.3) is 0 Å². The van der Waals surface area contributed by atoms with Crippen LogP contribution < -0.4 is 10.2 Å². The van der Waals surface area contributed by atoms with Gasteiger partial charge in [0.2, 0.25) is 0 Å². The molecule has 0 unspecified atom stereocenters. The van der Waals surface area contributed by atoms with Gasteiger partial charge in [-0.1, -0.05) is 35.3 Å². The zero-order valence-electron chi connectivity index (χ0n) is 11.1. The van der Waals surface area contributed by atoms with Crippen LogP contribution in [0.1, 0.15) is 32.3 Å². The fraction of sp³-hybridized carbons (Fsp3) is 0.571. The van der Waals surface area contributed by atoms with Crippen molar-refractivity contribution in [3.05, 3.63) is 28.2 Å². The van der Waals surface area contributed by atoms with Crippen LogP contribution in [0.2, 0.25) is 0 Å². The smallest absolute Gasteiger partial charge is 0.0423 e. The molecule has 0 aliphatic rings. The number of rotatable bonds is 7. The molecule has 0 spiro atoms. The lowest BCUT2D eigenvalue weighted by molar-refractivity contribution is 0.722. The quantitative estimate of drug-likeness (QED) is 0.824. The van der Waals surface area contributed by atoms with E-state index in [1.165, 1.54) is 24.1 Å². The first kappa shape index (κ1) is 14.5. The highest BCUT2D eigenvalue weighted by Gasteiger charge is 2.09. The lowest BCUT2D eigenvalue weighted by Crippen LogP contribution is -2.25. The Balaban J connectivity index is 2.93. The summed E-state index contributed by atoms with van der Waals surface area (Å²) in [5.74, 6) is 0. The molecule has 0 heterocycles. The fourth-order valence-electron chi connectivity index (χ4n) is 1.97. The highest BCUT2D eigenvalue weighted by atomic mass is 79.9. The first-order valence-electron chi connectivity index (χ1n) is 6.40. The zero-order valence-corrected chi connectivity index (χ0v) is 12.7. The molecule has 0 bridgehead atoms. The Labute approximate surface area is 114 Å². The Kier molecular flexibility index (Phi) is 6.60. The highest BCUT2D eigenvalue weighted by Crippen LogP contribution is 2.25. The maximum atomic E-state index is 3.57. The highest BCUT2D eigenvalue weighted by molar-refractivity contribution is 9.10. The van der Waals surface area contributed by atoms with Gasteiger partial charge in [0.15, 0.2) is 0 Å². The van der Waals surface area contributed by atoms with Crippen molar-refractivity contribution in [1.29, 1.82) is 0 Å². The minimum atomic E-state index is 0.922.